The molecule has 0 fully saturated rings. The molecular weight excluding hydrogens is 285 g/mol. The van der Waals surface area contributed by atoms with E-state index in [1.807, 2.05) is 18.2 Å². The fourth-order valence-electron chi connectivity index (χ4n) is 2.10. The van der Waals surface area contributed by atoms with Crippen LogP contribution in [0.5, 0.6) is 0 Å². The summed E-state index contributed by atoms with van der Waals surface area (Å²) in [6, 6.07) is 5.98. The molecule has 0 saturated heterocycles. The molecule has 1 heterocycles. The van der Waals surface area contributed by atoms with Crippen LogP contribution in [0.1, 0.15) is 23.1 Å². The molecule has 4 nitrogen and oxygen atoms in total. The molecule has 0 spiro atoms. The van der Waals surface area contributed by atoms with Gasteiger partial charge in [-0.1, -0.05) is 18.2 Å². The molecule has 1 amide bonds. The first-order chi connectivity index (χ1) is 9.94. The maximum Gasteiger partial charge on any atom is 0.411 e. The molecule has 0 saturated carbocycles. The van der Waals surface area contributed by atoms with Gasteiger partial charge < -0.3 is 15.4 Å². The molecule has 7 heteroatoms. The minimum absolute atomic E-state index is 0.0808. The fourth-order valence-corrected chi connectivity index (χ4v) is 2.10. The number of carbonyl (C=O) groups is 1. The van der Waals surface area contributed by atoms with Crippen LogP contribution in [0.4, 0.5) is 13.2 Å². The monoisotopic (exact) mass is 302 g/mol. The third-order valence-corrected chi connectivity index (χ3v) is 3.13. The Morgan fingerprint density at radius 3 is 2.81 bits per heavy atom. The summed E-state index contributed by atoms with van der Waals surface area (Å²) in [6.07, 6.45) is -4.43. The maximum absolute atomic E-state index is 11.8. The van der Waals surface area contributed by atoms with Crippen LogP contribution < -0.4 is 10.6 Å². The molecule has 1 aliphatic rings. The van der Waals surface area contributed by atoms with Crippen molar-refractivity contribution in [3.63, 3.8) is 0 Å². The molecule has 21 heavy (non-hydrogen) atoms. The number of fused-ring (bicyclic) bond motifs is 1. The van der Waals surface area contributed by atoms with Gasteiger partial charge in [0.25, 0.3) is 0 Å². The van der Waals surface area contributed by atoms with Gasteiger partial charge in [-0.3, -0.25) is 4.79 Å². The van der Waals surface area contributed by atoms with E-state index >= 15 is 0 Å². The Morgan fingerprint density at radius 2 is 2.05 bits per heavy atom. The number of amides is 1. The second kappa shape index (κ2) is 6.91. The number of hydrogen-bond donors (Lipinski definition) is 2. The van der Waals surface area contributed by atoms with Crippen LogP contribution in [0.2, 0.25) is 0 Å². The third-order valence-electron chi connectivity index (χ3n) is 3.13. The lowest BCUT2D eigenvalue weighted by Gasteiger charge is -2.09. The SMILES string of the molecule is O=C(CCOCC(F)(F)F)NCc1ccc2c(c1)CNC2. The second-order valence-corrected chi connectivity index (χ2v) is 4.90. The van der Waals surface area contributed by atoms with Gasteiger partial charge in [-0.05, 0) is 16.7 Å². The Bertz CT molecular complexity index is 503. The van der Waals surface area contributed by atoms with Gasteiger partial charge in [0, 0.05) is 26.1 Å². The van der Waals surface area contributed by atoms with Crippen molar-refractivity contribution in [2.75, 3.05) is 13.2 Å². The van der Waals surface area contributed by atoms with Crippen LogP contribution in [-0.4, -0.2) is 25.3 Å². The summed E-state index contributed by atoms with van der Waals surface area (Å²) in [5, 5.41) is 5.90. The number of ether oxygens (including phenoxy) is 1. The number of rotatable bonds is 6. The van der Waals surface area contributed by atoms with Crippen molar-refractivity contribution >= 4 is 5.91 Å². The molecule has 0 aromatic heterocycles. The average Bonchev–Trinajstić information content (AvgIpc) is 2.87. The zero-order valence-electron chi connectivity index (χ0n) is 11.4. The first kappa shape index (κ1) is 15.8. The zero-order chi connectivity index (χ0) is 15.3. The van der Waals surface area contributed by atoms with Gasteiger partial charge in [-0.15, -0.1) is 0 Å². The van der Waals surface area contributed by atoms with E-state index in [9.17, 15) is 18.0 Å². The molecule has 2 N–H and O–H groups in total. The summed E-state index contributed by atoms with van der Waals surface area (Å²) >= 11 is 0. The highest BCUT2D eigenvalue weighted by Gasteiger charge is 2.27. The van der Waals surface area contributed by atoms with Crippen molar-refractivity contribution in [3.05, 3.63) is 34.9 Å². The molecule has 0 bridgehead atoms. The van der Waals surface area contributed by atoms with Crippen molar-refractivity contribution in [3.8, 4) is 0 Å². The van der Waals surface area contributed by atoms with Crippen molar-refractivity contribution in [1.29, 1.82) is 0 Å². The molecular formula is C14H17F3N2O2. The molecule has 0 radical (unpaired) electrons. The van der Waals surface area contributed by atoms with Crippen molar-refractivity contribution in [2.45, 2.75) is 32.2 Å². The zero-order valence-corrected chi connectivity index (χ0v) is 11.4. The third kappa shape index (κ3) is 5.35. The van der Waals surface area contributed by atoms with Crippen molar-refractivity contribution in [2.24, 2.45) is 0 Å². The summed E-state index contributed by atoms with van der Waals surface area (Å²) < 4.78 is 39.9. The van der Waals surface area contributed by atoms with E-state index in [4.69, 9.17) is 0 Å². The predicted octanol–water partition coefficient (Wildman–Crippen LogP) is 1.88. The van der Waals surface area contributed by atoms with Gasteiger partial charge in [0.1, 0.15) is 6.61 Å². The van der Waals surface area contributed by atoms with Crippen LogP contribution >= 0.6 is 0 Å². The van der Waals surface area contributed by atoms with Crippen LogP contribution in [0, 0.1) is 0 Å². The fraction of sp³-hybridized carbons (Fsp3) is 0.500. The van der Waals surface area contributed by atoms with E-state index in [1.165, 1.54) is 11.1 Å². The highest BCUT2D eigenvalue weighted by molar-refractivity contribution is 5.75. The standard InChI is InChI=1S/C14H17F3N2O2/c15-14(16,17)9-21-4-3-13(20)19-6-10-1-2-11-7-18-8-12(11)5-10/h1-2,5,18H,3-4,6-9H2,(H,19,20). The van der Waals surface area contributed by atoms with Gasteiger partial charge in [0.05, 0.1) is 6.61 Å². The average molecular weight is 302 g/mol. The summed E-state index contributed by atoms with van der Waals surface area (Å²) in [4.78, 5) is 11.5. The second-order valence-electron chi connectivity index (χ2n) is 4.90. The van der Waals surface area contributed by atoms with Gasteiger partial charge in [-0.2, -0.15) is 13.2 Å². The number of hydrogen-bond acceptors (Lipinski definition) is 3. The van der Waals surface area contributed by atoms with Gasteiger partial charge in [-0.25, -0.2) is 0 Å². The lowest BCUT2D eigenvalue weighted by atomic mass is 10.1. The smallest absolute Gasteiger partial charge is 0.372 e. The molecule has 1 aromatic carbocycles. The molecule has 2 rings (SSSR count). The molecule has 116 valence electrons. The number of nitrogens with one attached hydrogen (secondary N) is 2. The molecule has 0 aliphatic carbocycles. The minimum Gasteiger partial charge on any atom is -0.372 e. The largest absolute Gasteiger partial charge is 0.411 e. The Hall–Kier alpha value is -1.60. The van der Waals surface area contributed by atoms with E-state index in [0.29, 0.717) is 6.54 Å². The summed E-state index contributed by atoms with van der Waals surface area (Å²) in [5.74, 6) is -0.323. The number of carbonyl (C=O) groups excluding carboxylic acids is 1. The first-order valence-electron chi connectivity index (χ1n) is 6.66. The molecule has 0 atom stereocenters. The van der Waals surface area contributed by atoms with Gasteiger partial charge >= 0.3 is 6.18 Å². The summed E-state index contributed by atoms with van der Waals surface area (Å²) in [7, 11) is 0. The number of benzene rings is 1. The maximum atomic E-state index is 11.8. The quantitative estimate of drug-likeness (QED) is 0.789. The highest BCUT2D eigenvalue weighted by atomic mass is 19.4. The number of halogens is 3. The Morgan fingerprint density at radius 1 is 1.29 bits per heavy atom. The number of alkyl halides is 3. The summed E-state index contributed by atoms with van der Waals surface area (Å²) in [5.41, 5.74) is 3.45. The van der Waals surface area contributed by atoms with Gasteiger partial charge in [0.2, 0.25) is 5.91 Å². The van der Waals surface area contributed by atoms with Crippen molar-refractivity contribution < 1.29 is 22.7 Å². The normalized spacial score (nSPS) is 14.0. The lowest BCUT2D eigenvalue weighted by molar-refractivity contribution is -0.174. The summed E-state index contributed by atoms with van der Waals surface area (Å²) in [6.45, 7) is 0.490. The van der Waals surface area contributed by atoms with Gasteiger partial charge in [0.15, 0.2) is 0 Å². The van der Waals surface area contributed by atoms with E-state index in [2.05, 4.69) is 15.4 Å². The minimum atomic E-state index is -4.35. The van der Waals surface area contributed by atoms with Crippen LogP contribution in [-0.2, 0) is 29.2 Å². The predicted molar refractivity (Wildman–Crippen MR) is 70.3 cm³/mol. The Kier molecular flexibility index (Phi) is 5.19. The van der Waals surface area contributed by atoms with Crippen LogP contribution in [0.25, 0.3) is 0 Å². The lowest BCUT2D eigenvalue weighted by Crippen LogP contribution is -2.25. The first-order valence-corrected chi connectivity index (χ1v) is 6.66. The van der Waals surface area contributed by atoms with Crippen LogP contribution in [0.3, 0.4) is 0 Å². The highest BCUT2D eigenvalue weighted by Crippen LogP contribution is 2.17. The Labute approximate surface area is 120 Å². The Balaban J connectivity index is 1.67. The topological polar surface area (TPSA) is 50.4 Å². The molecule has 0 unspecified atom stereocenters. The van der Waals surface area contributed by atoms with Crippen LogP contribution in [0.15, 0.2) is 18.2 Å². The molecule has 1 aliphatic heterocycles. The van der Waals surface area contributed by atoms with E-state index in [-0.39, 0.29) is 18.9 Å². The van der Waals surface area contributed by atoms with E-state index in [1.54, 1.807) is 0 Å². The van der Waals surface area contributed by atoms with E-state index < -0.39 is 12.8 Å². The van der Waals surface area contributed by atoms with E-state index in [0.717, 1.165) is 18.7 Å². The molecule has 1 aromatic rings. The van der Waals surface area contributed by atoms with Crippen molar-refractivity contribution in [1.82, 2.24) is 10.6 Å².